The molecular formula is C28H21F8NO6S2. The number of fused-ring (bicyclic) bond motifs is 3. The molecule has 2 aliphatic rings. The van der Waals surface area contributed by atoms with Crippen LogP contribution < -0.4 is 0 Å². The van der Waals surface area contributed by atoms with Crippen LogP contribution >= 0.6 is 0 Å². The van der Waals surface area contributed by atoms with Crippen LogP contribution in [0.3, 0.4) is 0 Å². The number of hydrogen-bond donors (Lipinski definition) is 1. The van der Waals surface area contributed by atoms with Gasteiger partial charge in [-0.3, -0.25) is 0 Å². The fraction of sp³-hybridized carbons (Fsp3) is 0.321. The molecule has 1 heterocycles. The summed E-state index contributed by atoms with van der Waals surface area (Å²) < 4.78 is 165. The van der Waals surface area contributed by atoms with E-state index in [1.165, 1.54) is 0 Å². The molecule has 1 N–H and O–H groups in total. The lowest BCUT2D eigenvalue weighted by Crippen LogP contribution is -2.53. The van der Waals surface area contributed by atoms with Gasteiger partial charge in [0.1, 0.15) is 10.6 Å². The maximum atomic E-state index is 15.0. The minimum absolute atomic E-state index is 0.186. The number of nitrogens with zero attached hydrogens (tertiary/aromatic N) is 1. The number of carbonyl (C=O) groups is 1. The van der Waals surface area contributed by atoms with Gasteiger partial charge in [-0.1, -0.05) is 18.2 Å². The fourth-order valence-corrected chi connectivity index (χ4v) is 10.3. The smallest absolute Gasteiger partial charge is 0.435 e. The molecule has 1 saturated heterocycles. The molecule has 3 aromatic rings. The van der Waals surface area contributed by atoms with E-state index in [4.69, 9.17) is 5.11 Å². The Balaban J connectivity index is 1.71. The van der Waals surface area contributed by atoms with E-state index in [9.17, 15) is 56.8 Å². The van der Waals surface area contributed by atoms with E-state index in [1.54, 1.807) is 0 Å². The van der Waals surface area contributed by atoms with Crippen LogP contribution in [0, 0.1) is 5.82 Å². The molecule has 242 valence electrons. The van der Waals surface area contributed by atoms with Gasteiger partial charge in [-0.2, -0.15) is 30.6 Å². The van der Waals surface area contributed by atoms with Crippen LogP contribution in [0.2, 0.25) is 0 Å². The number of sulfone groups is 1. The molecule has 7 nitrogen and oxygen atoms in total. The molecule has 5 rings (SSSR count). The summed E-state index contributed by atoms with van der Waals surface area (Å²) in [4.78, 5) is 10.3. The molecule has 0 saturated carbocycles. The maximum Gasteiger partial charge on any atom is 0.435 e. The van der Waals surface area contributed by atoms with E-state index < -0.39 is 102 Å². The second-order valence-corrected chi connectivity index (χ2v) is 14.7. The quantitative estimate of drug-likeness (QED) is 0.257. The molecule has 0 bridgehead atoms. The van der Waals surface area contributed by atoms with Gasteiger partial charge in [-0.05, 0) is 78.9 Å². The SMILES string of the molecule is O=C(O)c1ccc(S(=O)(=O)N2CC[C@@]3(S(=O)(=O)c4ccc(F)cc4)c4ccc(C(F)(C(F)(F)F)C(F)(F)F)cc4CC[C@@H]23)cc1. The minimum Gasteiger partial charge on any atom is -0.478 e. The van der Waals surface area contributed by atoms with E-state index in [0.29, 0.717) is 12.1 Å². The van der Waals surface area contributed by atoms with Crippen molar-refractivity contribution in [2.45, 2.75) is 57.9 Å². The van der Waals surface area contributed by atoms with Gasteiger partial charge in [0.2, 0.25) is 10.0 Å². The summed E-state index contributed by atoms with van der Waals surface area (Å²) in [5.74, 6) is -2.17. The average molecular weight is 684 g/mol. The van der Waals surface area contributed by atoms with Crippen LogP contribution in [0.1, 0.15) is 39.9 Å². The van der Waals surface area contributed by atoms with Crippen LogP contribution in [-0.2, 0) is 36.7 Å². The van der Waals surface area contributed by atoms with Crippen molar-refractivity contribution in [2.75, 3.05) is 6.54 Å². The molecule has 17 heteroatoms. The Morgan fingerprint density at radius 2 is 1.38 bits per heavy atom. The zero-order chi connectivity index (χ0) is 33.4. The highest BCUT2D eigenvalue weighted by Crippen LogP contribution is 2.57. The molecule has 45 heavy (non-hydrogen) atoms. The van der Waals surface area contributed by atoms with E-state index in [2.05, 4.69) is 0 Å². The summed E-state index contributed by atoms with van der Waals surface area (Å²) in [5.41, 5.74) is -8.54. The first kappa shape index (κ1) is 32.8. The summed E-state index contributed by atoms with van der Waals surface area (Å²) in [5, 5.41) is 9.15. The summed E-state index contributed by atoms with van der Waals surface area (Å²) in [7, 11) is -9.33. The van der Waals surface area contributed by atoms with Crippen molar-refractivity contribution in [3.05, 3.63) is 94.8 Å². The molecule has 3 aromatic carbocycles. The molecule has 2 atom stereocenters. The monoisotopic (exact) mass is 683 g/mol. The Bertz CT molecular complexity index is 1860. The fourth-order valence-electron chi connectivity index (χ4n) is 6.21. The lowest BCUT2D eigenvalue weighted by molar-refractivity contribution is -0.348. The zero-order valence-electron chi connectivity index (χ0n) is 22.5. The van der Waals surface area contributed by atoms with Crippen molar-refractivity contribution < 1.29 is 61.9 Å². The van der Waals surface area contributed by atoms with E-state index in [1.807, 2.05) is 0 Å². The van der Waals surface area contributed by atoms with Crippen molar-refractivity contribution in [1.29, 1.82) is 0 Å². The van der Waals surface area contributed by atoms with Crippen molar-refractivity contribution >= 4 is 25.8 Å². The first-order chi connectivity index (χ1) is 20.7. The van der Waals surface area contributed by atoms with Gasteiger partial charge in [-0.15, -0.1) is 0 Å². The Hall–Kier alpha value is -3.57. The van der Waals surface area contributed by atoms with Gasteiger partial charge < -0.3 is 5.11 Å². The third kappa shape index (κ3) is 4.81. The second-order valence-electron chi connectivity index (χ2n) is 10.6. The molecule has 0 spiro atoms. The molecule has 1 fully saturated rings. The number of rotatable bonds is 6. The van der Waals surface area contributed by atoms with Gasteiger partial charge in [0.05, 0.1) is 15.4 Å². The third-order valence-corrected chi connectivity index (χ3v) is 12.8. The van der Waals surface area contributed by atoms with Crippen LogP contribution in [0.25, 0.3) is 0 Å². The van der Waals surface area contributed by atoms with Crippen LogP contribution in [0.5, 0.6) is 0 Å². The number of carboxylic acid groups (broad SMARTS) is 1. The molecular weight excluding hydrogens is 662 g/mol. The molecule has 1 aliphatic heterocycles. The summed E-state index contributed by atoms with van der Waals surface area (Å²) in [6.07, 6.45) is -14.2. The van der Waals surface area contributed by atoms with Crippen molar-refractivity contribution in [1.82, 2.24) is 4.31 Å². The maximum absolute atomic E-state index is 15.0. The topological polar surface area (TPSA) is 109 Å². The van der Waals surface area contributed by atoms with Gasteiger partial charge in [-0.25, -0.2) is 30.4 Å². The number of carboxylic acids is 1. The number of aryl methyl sites for hydroxylation is 1. The van der Waals surface area contributed by atoms with Gasteiger partial charge >= 0.3 is 24.0 Å². The number of alkyl halides is 7. The van der Waals surface area contributed by atoms with E-state index in [-0.39, 0.29) is 22.8 Å². The zero-order valence-corrected chi connectivity index (χ0v) is 24.2. The predicted octanol–water partition coefficient (Wildman–Crippen LogP) is 5.89. The van der Waals surface area contributed by atoms with Crippen molar-refractivity contribution in [3.8, 4) is 0 Å². The third-order valence-electron chi connectivity index (χ3n) is 8.33. The van der Waals surface area contributed by atoms with Crippen molar-refractivity contribution in [3.63, 3.8) is 0 Å². The highest BCUT2D eigenvalue weighted by Gasteiger charge is 2.74. The Labute approximate surface area is 251 Å². The highest BCUT2D eigenvalue weighted by molar-refractivity contribution is 7.92. The number of benzene rings is 3. The van der Waals surface area contributed by atoms with E-state index >= 15 is 0 Å². The van der Waals surface area contributed by atoms with Gasteiger partial charge in [0.15, 0.2) is 9.84 Å². The van der Waals surface area contributed by atoms with E-state index in [0.717, 1.165) is 52.8 Å². The second kappa shape index (κ2) is 10.5. The minimum atomic E-state index is -6.43. The summed E-state index contributed by atoms with van der Waals surface area (Å²) >= 11 is 0. The molecule has 0 amide bonds. The van der Waals surface area contributed by atoms with Gasteiger partial charge in [0.25, 0.3) is 0 Å². The first-order valence-electron chi connectivity index (χ1n) is 13.0. The largest absolute Gasteiger partial charge is 0.478 e. The number of halogens is 8. The number of sulfonamides is 1. The predicted molar refractivity (Wildman–Crippen MR) is 141 cm³/mol. The van der Waals surface area contributed by atoms with Crippen LogP contribution in [0.15, 0.2) is 76.5 Å². The lowest BCUT2D eigenvalue weighted by atomic mass is 9.77. The standard InChI is InChI=1S/C28H21F8NO6S2/c29-19-5-9-20(10-6-19)44(40,41)25-13-14-37(45(42,43)21-7-1-16(2-8-21)24(38)39)23(25)12-3-17-15-18(4-11-22(17)25)26(30,27(31,32)33)28(34,35)36/h1-2,4-11,15,23H,3,12-14H2,(H,38,39)/t23-,25-/m1/s1. The van der Waals surface area contributed by atoms with Crippen molar-refractivity contribution in [2.24, 2.45) is 0 Å². The molecule has 0 unspecified atom stereocenters. The summed E-state index contributed by atoms with van der Waals surface area (Å²) in [6.45, 7) is -0.479. The molecule has 0 aromatic heterocycles. The lowest BCUT2D eigenvalue weighted by Gasteiger charge is -2.42. The number of hydrogen-bond acceptors (Lipinski definition) is 5. The first-order valence-corrected chi connectivity index (χ1v) is 15.9. The Morgan fingerprint density at radius 3 is 1.91 bits per heavy atom. The van der Waals surface area contributed by atoms with Crippen LogP contribution in [-0.4, -0.2) is 57.2 Å². The molecule has 0 radical (unpaired) electrons. The summed E-state index contributed by atoms with van der Waals surface area (Å²) in [6, 6.07) is 7.07. The van der Waals surface area contributed by atoms with Crippen LogP contribution in [0.4, 0.5) is 35.1 Å². The Morgan fingerprint density at radius 1 is 0.822 bits per heavy atom. The average Bonchev–Trinajstić information content (AvgIpc) is 3.38. The highest BCUT2D eigenvalue weighted by atomic mass is 32.2. The number of aromatic carboxylic acids is 1. The van der Waals surface area contributed by atoms with Gasteiger partial charge in [0, 0.05) is 18.2 Å². The normalized spacial score (nSPS) is 21.3. The molecule has 1 aliphatic carbocycles. The Kier molecular flexibility index (Phi) is 7.64.